The highest BCUT2D eigenvalue weighted by atomic mass is 16.3. The molecule has 0 aliphatic rings. The Balaban J connectivity index is 3.50. The molecule has 3 N–H and O–H groups in total. The van der Waals surface area contributed by atoms with E-state index in [0.717, 1.165) is 77.0 Å². The molecule has 0 aromatic carbocycles. The topological polar surface area (TPSA) is 69.6 Å². The van der Waals surface area contributed by atoms with E-state index in [1.807, 2.05) is 6.08 Å². The van der Waals surface area contributed by atoms with E-state index >= 15 is 0 Å². The lowest BCUT2D eigenvalue weighted by Crippen LogP contribution is -2.45. The molecular weight excluding hydrogens is 927 g/mol. The van der Waals surface area contributed by atoms with Gasteiger partial charge in [-0.15, -0.1) is 0 Å². The van der Waals surface area contributed by atoms with E-state index in [4.69, 9.17) is 0 Å². The summed E-state index contributed by atoms with van der Waals surface area (Å²) >= 11 is 0. The van der Waals surface area contributed by atoms with Gasteiger partial charge in [-0.2, -0.15) is 0 Å². The van der Waals surface area contributed by atoms with Gasteiger partial charge in [0.1, 0.15) is 0 Å². The predicted octanol–water partition coefficient (Wildman–Crippen LogP) is 22.6. The summed E-state index contributed by atoms with van der Waals surface area (Å²) in [5.74, 6) is -0.0717. The van der Waals surface area contributed by atoms with Crippen LogP contribution < -0.4 is 5.32 Å². The third-order valence-corrected chi connectivity index (χ3v) is 14.7. The fourth-order valence-electron chi connectivity index (χ4n) is 9.77. The zero-order valence-electron chi connectivity index (χ0n) is 50.5. The summed E-state index contributed by atoms with van der Waals surface area (Å²) in [7, 11) is 0. The number of hydrogen-bond donors (Lipinski definition) is 3. The highest BCUT2D eigenvalue weighted by Crippen LogP contribution is 2.17. The number of carbonyl (C=O) groups excluding carboxylic acids is 1. The number of rotatable bonds is 60. The Morgan fingerprint density at radius 3 is 0.921 bits per heavy atom. The summed E-state index contributed by atoms with van der Waals surface area (Å²) in [6.45, 7) is 4.20. The van der Waals surface area contributed by atoms with Crippen LogP contribution in [0.5, 0.6) is 0 Å². The molecule has 0 fully saturated rings. The molecule has 438 valence electrons. The first-order valence-corrected chi connectivity index (χ1v) is 33.1. The van der Waals surface area contributed by atoms with Gasteiger partial charge in [-0.05, 0) is 89.9 Å². The van der Waals surface area contributed by atoms with E-state index in [1.165, 1.54) is 225 Å². The van der Waals surface area contributed by atoms with Crippen molar-refractivity contribution in [3.63, 3.8) is 0 Å². The molecule has 0 aromatic heterocycles. The molecule has 0 aromatic rings. The normalized spacial score (nSPS) is 13.5. The molecule has 1 amide bonds. The SMILES string of the molecule is CC/C=C\C/C=C\C/C=C\C/C=C\C/C=C\C/C=C\C/C=C\CCCCCCCCCCCCCCCCCCCCCC(=O)NC(CO)C(O)/C=C/CC/C=C/CCCCCCCCCCCCCCCCCCC. The number of allylic oxidation sites excluding steroid dienone is 17. The number of amides is 1. The van der Waals surface area contributed by atoms with Crippen molar-refractivity contribution >= 4 is 5.91 Å². The molecule has 0 radical (unpaired) electrons. The van der Waals surface area contributed by atoms with Crippen LogP contribution in [-0.4, -0.2) is 34.9 Å². The summed E-state index contributed by atoms with van der Waals surface area (Å²) in [4.78, 5) is 12.5. The minimum atomic E-state index is -0.867. The molecule has 0 aliphatic carbocycles. The first kappa shape index (κ1) is 73.0. The molecule has 0 saturated heterocycles. The van der Waals surface area contributed by atoms with E-state index in [9.17, 15) is 15.0 Å². The Labute approximate surface area is 474 Å². The summed E-state index contributed by atoms with van der Waals surface area (Å²) < 4.78 is 0. The zero-order valence-corrected chi connectivity index (χ0v) is 50.5. The maximum atomic E-state index is 12.5. The first-order valence-electron chi connectivity index (χ1n) is 33.1. The average molecular weight is 1050 g/mol. The average Bonchev–Trinajstić information content (AvgIpc) is 3.42. The molecule has 2 unspecified atom stereocenters. The lowest BCUT2D eigenvalue weighted by atomic mass is 10.0. The van der Waals surface area contributed by atoms with Crippen LogP contribution in [-0.2, 0) is 4.79 Å². The van der Waals surface area contributed by atoms with Crippen molar-refractivity contribution in [1.29, 1.82) is 0 Å². The molecular formula is C72H127NO3. The van der Waals surface area contributed by atoms with E-state index < -0.39 is 12.1 Å². The molecule has 4 nitrogen and oxygen atoms in total. The van der Waals surface area contributed by atoms with Gasteiger partial charge in [-0.1, -0.05) is 335 Å². The Morgan fingerprint density at radius 1 is 0.329 bits per heavy atom. The van der Waals surface area contributed by atoms with Gasteiger partial charge in [-0.3, -0.25) is 4.79 Å². The van der Waals surface area contributed by atoms with Crippen LogP contribution in [0.3, 0.4) is 0 Å². The van der Waals surface area contributed by atoms with Crippen molar-refractivity contribution in [3.05, 3.63) is 109 Å². The quantitative estimate of drug-likeness (QED) is 0.0420. The van der Waals surface area contributed by atoms with Crippen LogP contribution in [0.15, 0.2) is 109 Å². The van der Waals surface area contributed by atoms with Crippen molar-refractivity contribution < 1.29 is 15.0 Å². The van der Waals surface area contributed by atoms with Crippen LogP contribution in [0.25, 0.3) is 0 Å². The van der Waals surface area contributed by atoms with Gasteiger partial charge in [0.15, 0.2) is 0 Å². The smallest absolute Gasteiger partial charge is 0.220 e. The van der Waals surface area contributed by atoms with E-state index in [-0.39, 0.29) is 12.5 Å². The first-order chi connectivity index (χ1) is 37.7. The van der Waals surface area contributed by atoms with Gasteiger partial charge in [0.25, 0.3) is 0 Å². The summed E-state index contributed by atoms with van der Waals surface area (Å²) in [6, 6.07) is -0.644. The highest BCUT2D eigenvalue weighted by Gasteiger charge is 2.18. The number of nitrogens with one attached hydrogen (secondary N) is 1. The Bertz CT molecular complexity index is 1430. The van der Waals surface area contributed by atoms with Crippen molar-refractivity contribution in [2.75, 3.05) is 6.61 Å². The summed E-state index contributed by atoms with van der Waals surface area (Å²) in [5.41, 5.74) is 0. The second-order valence-corrected chi connectivity index (χ2v) is 22.1. The molecule has 0 spiro atoms. The number of unbranched alkanes of at least 4 members (excludes halogenated alkanes) is 37. The zero-order chi connectivity index (χ0) is 54.8. The lowest BCUT2D eigenvalue weighted by Gasteiger charge is -2.19. The standard InChI is InChI=1S/C72H127NO3/c1-3-5-7-9-11-13-15-17-19-21-23-25-27-28-29-30-31-32-33-34-35-36-37-38-39-40-41-42-43-44-46-48-50-52-54-56-58-60-62-64-66-68-72(76)73-70(69-74)71(75)67-65-63-61-59-57-55-53-51-49-47-45-26-24-22-20-18-16-14-12-10-8-6-4-2/h5,7,11,13,17,19,23,25,28-29,31-32,34-35,57,59,65,67,70-71,74-75H,3-4,6,8-10,12,14-16,18,20-22,24,26-27,30,33,36-56,58,60-64,66,68-69H2,1-2H3,(H,73,76)/b7-5-,13-11-,19-17-,25-23-,29-28-,32-31-,35-34-,59-57+,67-65+. The molecule has 4 heteroatoms. The van der Waals surface area contributed by atoms with E-state index in [0.29, 0.717) is 6.42 Å². The maximum Gasteiger partial charge on any atom is 0.220 e. The number of aliphatic hydroxyl groups excluding tert-OH is 2. The van der Waals surface area contributed by atoms with Crippen LogP contribution in [0.2, 0.25) is 0 Å². The summed E-state index contributed by atoms with van der Waals surface area (Å²) in [6.07, 6.45) is 100. The van der Waals surface area contributed by atoms with Crippen LogP contribution in [0, 0.1) is 0 Å². The third-order valence-electron chi connectivity index (χ3n) is 14.7. The van der Waals surface area contributed by atoms with Gasteiger partial charge in [-0.25, -0.2) is 0 Å². The largest absolute Gasteiger partial charge is 0.394 e. The Morgan fingerprint density at radius 2 is 0.592 bits per heavy atom. The molecule has 0 bridgehead atoms. The van der Waals surface area contributed by atoms with Crippen molar-refractivity contribution in [2.45, 2.75) is 334 Å². The predicted molar refractivity (Wildman–Crippen MR) is 340 cm³/mol. The minimum Gasteiger partial charge on any atom is -0.394 e. The van der Waals surface area contributed by atoms with Gasteiger partial charge >= 0.3 is 0 Å². The molecule has 76 heavy (non-hydrogen) atoms. The number of aliphatic hydroxyl groups is 2. The monoisotopic (exact) mass is 1050 g/mol. The molecule has 0 saturated carbocycles. The molecule has 0 heterocycles. The molecule has 0 rings (SSSR count). The summed E-state index contributed by atoms with van der Waals surface area (Å²) in [5, 5.41) is 23.2. The highest BCUT2D eigenvalue weighted by molar-refractivity contribution is 5.76. The fraction of sp³-hybridized carbons (Fsp3) is 0.736. The molecule has 2 atom stereocenters. The van der Waals surface area contributed by atoms with Crippen molar-refractivity contribution in [3.8, 4) is 0 Å². The minimum absolute atomic E-state index is 0.0717. The van der Waals surface area contributed by atoms with Crippen molar-refractivity contribution in [1.82, 2.24) is 5.32 Å². The fourth-order valence-corrected chi connectivity index (χ4v) is 9.77. The van der Waals surface area contributed by atoms with E-state index in [2.05, 4.69) is 116 Å². The Kier molecular flexibility index (Phi) is 63.8. The number of hydrogen-bond acceptors (Lipinski definition) is 3. The maximum absolute atomic E-state index is 12.5. The van der Waals surface area contributed by atoms with E-state index in [1.54, 1.807) is 6.08 Å². The van der Waals surface area contributed by atoms with Gasteiger partial charge in [0.2, 0.25) is 5.91 Å². The van der Waals surface area contributed by atoms with Crippen LogP contribution >= 0.6 is 0 Å². The second kappa shape index (κ2) is 66.3. The number of carbonyl (C=O) groups is 1. The van der Waals surface area contributed by atoms with Gasteiger partial charge < -0.3 is 15.5 Å². The second-order valence-electron chi connectivity index (χ2n) is 22.1. The van der Waals surface area contributed by atoms with Crippen molar-refractivity contribution in [2.24, 2.45) is 0 Å². The molecule has 0 aliphatic heterocycles. The Hall–Kier alpha value is -2.95. The third kappa shape index (κ3) is 61.9. The van der Waals surface area contributed by atoms with Gasteiger partial charge in [0.05, 0.1) is 18.8 Å². The lowest BCUT2D eigenvalue weighted by molar-refractivity contribution is -0.123. The van der Waals surface area contributed by atoms with Crippen LogP contribution in [0.4, 0.5) is 0 Å². The van der Waals surface area contributed by atoms with Crippen LogP contribution in [0.1, 0.15) is 322 Å². The van der Waals surface area contributed by atoms with Gasteiger partial charge in [0, 0.05) is 6.42 Å².